The Morgan fingerprint density at radius 1 is 0.909 bits per heavy atom. The zero-order chi connectivity index (χ0) is 23.2. The van der Waals surface area contributed by atoms with Gasteiger partial charge in [0.1, 0.15) is 5.75 Å². The molecule has 4 rings (SSSR count). The van der Waals surface area contributed by atoms with Crippen LogP contribution < -0.4 is 10.1 Å². The summed E-state index contributed by atoms with van der Waals surface area (Å²) in [6, 6.07) is 23.3. The molecule has 6 heteroatoms. The van der Waals surface area contributed by atoms with Crippen molar-refractivity contribution in [2.75, 3.05) is 14.2 Å². The van der Waals surface area contributed by atoms with E-state index in [0.29, 0.717) is 30.8 Å². The minimum Gasteiger partial charge on any atom is -0.496 e. The molecule has 3 aromatic carbocycles. The lowest BCUT2D eigenvalue weighted by Crippen LogP contribution is -2.24. The number of rotatable bonds is 8. The van der Waals surface area contributed by atoms with E-state index in [1.807, 2.05) is 66.9 Å². The van der Waals surface area contributed by atoms with Gasteiger partial charge in [0.25, 0.3) is 0 Å². The fraction of sp³-hybridized carbons (Fsp3) is 0.185. The van der Waals surface area contributed by atoms with Crippen LogP contribution in [0.5, 0.6) is 5.75 Å². The standard InChI is InChI=1S/C27H26N2O4/c1-32-25-16-22(27(31)33-2)10-11-23(25)18-29-13-12-21-9-8-20(14-24(21)29)15-26(30)28-17-19-6-4-3-5-7-19/h3-14,16H,15,17-18H2,1-2H3,(H,28,30). The van der Waals surface area contributed by atoms with Gasteiger partial charge in [-0.2, -0.15) is 0 Å². The Kier molecular flexibility index (Phi) is 6.74. The number of fused-ring (bicyclic) bond motifs is 1. The second-order valence-corrected chi connectivity index (χ2v) is 7.79. The molecule has 0 bridgehead atoms. The van der Waals surface area contributed by atoms with Crippen molar-refractivity contribution < 1.29 is 19.1 Å². The van der Waals surface area contributed by atoms with Gasteiger partial charge in [-0.25, -0.2) is 4.79 Å². The van der Waals surface area contributed by atoms with Crippen molar-refractivity contribution in [1.82, 2.24) is 9.88 Å². The lowest BCUT2D eigenvalue weighted by atomic mass is 10.1. The Bertz CT molecular complexity index is 1280. The summed E-state index contributed by atoms with van der Waals surface area (Å²) in [5, 5.41) is 4.07. The first-order chi connectivity index (χ1) is 16.1. The van der Waals surface area contributed by atoms with Crippen LogP contribution >= 0.6 is 0 Å². The molecule has 168 valence electrons. The highest BCUT2D eigenvalue weighted by Gasteiger charge is 2.12. The van der Waals surface area contributed by atoms with E-state index in [0.717, 1.165) is 27.6 Å². The lowest BCUT2D eigenvalue weighted by Gasteiger charge is -2.12. The first kappa shape index (κ1) is 22.1. The van der Waals surface area contributed by atoms with Crippen LogP contribution in [-0.2, 0) is 29.0 Å². The van der Waals surface area contributed by atoms with Gasteiger partial charge in [-0.15, -0.1) is 0 Å². The van der Waals surface area contributed by atoms with Gasteiger partial charge >= 0.3 is 5.97 Å². The number of hydrogen-bond acceptors (Lipinski definition) is 4. The van der Waals surface area contributed by atoms with Crippen molar-refractivity contribution >= 4 is 22.8 Å². The van der Waals surface area contributed by atoms with Gasteiger partial charge < -0.3 is 19.4 Å². The molecule has 1 heterocycles. The van der Waals surface area contributed by atoms with E-state index in [1.54, 1.807) is 19.2 Å². The molecule has 0 aliphatic heterocycles. The van der Waals surface area contributed by atoms with Crippen molar-refractivity contribution in [2.24, 2.45) is 0 Å². The first-order valence-electron chi connectivity index (χ1n) is 10.7. The molecule has 33 heavy (non-hydrogen) atoms. The van der Waals surface area contributed by atoms with Crippen LogP contribution in [0, 0.1) is 0 Å². The van der Waals surface area contributed by atoms with Crippen molar-refractivity contribution in [3.8, 4) is 5.75 Å². The average molecular weight is 443 g/mol. The highest BCUT2D eigenvalue weighted by Crippen LogP contribution is 2.25. The lowest BCUT2D eigenvalue weighted by molar-refractivity contribution is -0.120. The minimum atomic E-state index is -0.401. The Hall–Kier alpha value is -4.06. The number of nitrogens with zero attached hydrogens (tertiary/aromatic N) is 1. The van der Waals surface area contributed by atoms with Gasteiger partial charge in [-0.05, 0) is 40.8 Å². The Morgan fingerprint density at radius 3 is 2.48 bits per heavy atom. The van der Waals surface area contributed by atoms with E-state index in [9.17, 15) is 9.59 Å². The van der Waals surface area contributed by atoms with Crippen molar-refractivity contribution in [1.29, 1.82) is 0 Å². The third-order valence-electron chi connectivity index (χ3n) is 5.58. The maximum atomic E-state index is 12.5. The number of carbonyl (C=O) groups excluding carboxylic acids is 2. The monoisotopic (exact) mass is 442 g/mol. The van der Waals surface area contributed by atoms with E-state index < -0.39 is 5.97 Å². The average Bonchev–Trinajstić information content (AvgIpc) is 3.25. The molecular weight excluding hydrogens is 416 g/mol. The maximum Gasteiger partial charge on any atom is 0.337 e. The molecule has 0 spiro atoms. The van der Waals surface area contributed by atoms with Crippen molar-refractivity contribution in [3.63, 3.8) is 0 Å². The number of esters is 1. The van der Waals surface area contributed by atoms with Crippen LogP contribution in [0.2, 0.25) is 0 Å². The summed E-state index contributed by atoms with van der Waals surface area (Å²) in [5.74, 6) is 0.203. The summed E-state index contributed by atoms with van der Waals surface area (Å²) in [6.45, 7) is 1.08. The minimum absolute atomic E-state index is 0.0172. The van der Waals surface area contributed by atoms with Gasteiger partial charge in [0.05, 0.1) is 32.7 Å². The predicted molar refractivity (Wildman–Crippen MR) is 127 cm³/mol. The van der Waals surface area contributed by atoms with Gasteiger partial charge in [-0.3, -0.25) is 4.79 Å². The molecule has 0 saturated carbocycles. The van der Waals surface area contributed by atoms with Gasteiger partial charge in [0.15, 0.2) is 0 Å². The van der Waals surface area contributed by atoms with Crippen LogP contribution in [-0.4, -0.2) is 30.7 Å². The van der Waals surface area contributed by atoms with E-state index >= 15 is 0 Å². The number of hydrogen-bond donors (Lipinski definition) is 1. The molecule has 6 nitrogen and oxygen atoms in total. The second kappa shape index (κ2) is 10.0. The van der Waals surface area contributed by atoms with E-state index in [-0.39, 0.29) is 5.91 Å². The molecule has 0 radical (unpaired) electrons. The fourth-order valence-corrected chi connectivity index (χ4v) is 3.83. The molecule has 0 saturated heterocycles. The summed E-state index contributed by atoms with van der Waals surface area (Å²) in [5.41, 5.74) is 4.43. The van der Waals surface area contributed by atoms with Crippen molar-refractivity contribution in [3.05, 3.63) is 101 Å². The predicted octanol–water partition coefficient (Wildman–Crippen LogP) is 4.34. The number of nitrogens with one attached hydrogen (secondary N) is 1. The van der Waals surface area contributed by atoms with Gasteiger partial charge in [0, 0.05) is 23.8 Å². The number of benzene rings is 3. The normalized spacial score (nSPS) is 10.7. The summed E-state index contributed by atoms with van der Waals surface area (Å²) in [6.07, 6.45) is 2.32. The zero-order valence-corrected chi connectivity index (χ0v) is 18.7. The molecule has 0 fully saturated rings. The molecule has 0 unspecified atom stereocenters. The summed E-state index contributed by atoms with van der Waals surface area (Å²) >= 11 is 0. The van der Waals surface area contributed by atoms with Crippen LogP contribution in [0.3, 0.4) is 0 Å². The molecule has 1 aromatic heterocycles. The molecule has 4 aromatic rings. The molecular formula is C27H26N2O4. The quantitative estimate of drug-likeness (QED) is 0.412. The number of aromatic nitrogens is 1. The van der Waals surface area contributed by atoms with Gasteiger partial charge in [-0.1, -0.05) is 48.5 Å². The third-order valence-corrected chi connectivity index (χ3v) is 5.58. The molecule has 0 aliphatic carbocycles. The SMILES string of the molecule is COC(=O)c1ccc(Cn2ccc3ccc(CC(=O)NCc4ccccc4)cc32)c(OC)c1. The second-order valence-electron chi connectivity index (χ2n) is 7.79. The highest BCUT2D eigenvalue weighted by atomic mass is 16.5. The Balaban J connectivity index is 1.50. The van der Waals surface area contributed by atoms with E-state index in [4.69, 9.17) is 9.47 Å². The Labute approximate surface area is 192 Å². The molecule has 1 amide bonds. The van der Waals surface area contributed by atoms with Crippen LogP contribution in [0.15, 0.2) is 79.0 Å². The summed E-state index contributed by atoms with van der Waals surface area (Å²) < 4.78 is 12.4. The summed E-state index contributed by atoms with van der Waals surface area (Å²) in [4.78, 5) is 24.3. The Morgan fingerprint density at radius 2 is 1.73 bits per heavy atom. The highest BCUT2D eigenvalue weighted by molar-refractivity contribution is 5.90. The van der Waals surface area contributed by atoms with Crippen LogP contribution in [0.25, 0.3) is 10.9 Å². The third kappa shape index (κ3) is 5.23. The molecule has 0 atom stereocenters. The fourth-order valence-electron chi connectivity index (χ4n) is 3.83. The molecule has 1 N–H and O–H groups in total. The summed E-state index contributed by atoms with van der Waals surface area (Å²) in [7, 11) is 2.94. The number of ether oxygens (including phenoxy) is 2. The maximum absolute atomic E-state index is 12.5. The first-order valence-corrected chi connectivity index (χ1v) is 10.7. The van der Waals surface area contributed by atoms with E-state index in [2.05, 4.69) is 9.88 Å². The zero-order valence-electron chi connectivity index (χ0n) is 18.7. The topological polar surface area (TPSA) is 69.6 Å². The van der Waals surface area contributed by atoms with Crippen molar-refractivity contribution in [2.45, 2.75) is 19.5 Å². The van der Waals surface area contributed by atoms with E-state index in [1.165, 1.54) is 7.11 Å². The van der Waals surface area contributed by atoms with Gasteiger partial charge in [0.2, 0.25) is 5.91 Å². The largest absolute Gasteiger partial charge is 0.496 e. The number of carbonyl (C=O) groups is 2. The number of methoxy groups -OCH3 is 2. The van der Waals surface area contributed by atoms with Crippen LogP contribution in [0.1, 0.15) is 27.0 Å². The van der Waals surface area contributed by atoms with Crippen LogP contribution in [0.4, 0.5) is 0 Å². The number of amides is 1. The molecule has 0 aliphatic rings. The smallest absolute Gasteiger partial charge is 0.337 e.